The molecule has 0 unspecified atom stereocenters. The van der Waals surface area contributed by atoms with Gasteiger partial charge in [0.05, 0.1) is 18.4 Å². The van der Waals surface area contributed by atoms with E-state index in [4.69, 9.17) is 21.1 Å². The third-order valence-corrected chi connectivity index (χ3v) is 2.32. The van der Waals surface area contributed by atoms with Crippen LogP contribution in [0, 0.1) is 0 Å². The number of rotatable bonds is 3. The topological polar surface area (TPSA) is 60.5 Å². The van der Waals surface area contributed by atoms with Crippen LogP contribution in [0.3, 0.4) is 0 Å². The molecule has 0 saturated heterocycles. The van der Waals surface area contributed by atoms with Gasteiger partial charge >= 0.3 is 0 Å². The summed E-state index contributed by atoms with van der Waals surface area (Å²) in [6.45, 7) is 1.41. The lowest BCUT2D eigenvalue weighted by molar-refractivity contribution is -0.118. The molecule has 1 aliphatic rings. The number of carbonyl (C=O) groups excluding carboxylic acids is 1. The number of ether oxygens (including phenoxy) is 2. The molecule has 0 atom stereocenters. The second-order valence-electron chi connectivity index (χ2n) is 3.23. The van der Waals surface area contributed by atoms with Gasteiger partial charge in [-0.25, -0.2) is 0 Å². The molecule has 1 aromatic heterocycles. The molecule has 1 aromatic rings. The number of nitrogens with one attached hydrogen (secondary N) is 1. The largest absolute Gasteiger partial charge is 0.486 e. The van der Waals surface area contributed by atoms with Crippen molar-refractivity contribution in [3.63, 3.8) is 0 Å². The monoisotopic (exact) mass is 242 g/mol. The lowest BCUT2D eigenvalue weighted by Gasteiger charge is -2.18. The van der Waals surface area contributed by atoms with Crippen molar-refractivity contribution in [2.75, 3.05) is 19.1 Å². The summed E-state index contributed by atoms with van der Waals surface area (Å²) in [6.07, 6.45) is 1.59. The van der Waals surface area contributed by atoms with Crippen molar-refractivity contribution in [3.05, 3.63) is 18.0 Å². The highest BCUT2D eigenvalue weighted by molar-refractivity contribution is 6.27. The fourth-order valence-electron chi connectivity index (χ4n) is 1.32. The van der Waals surface area contributed by atoms with Crippen LogP contribution in [0.25, 0.3) is 0 Å². The van der Waals surface area contributed by atoms with E-state index in [9.17, 15) is 4.79 Å². The number of fused-ring (bicyclic) bond motifs is 1. The summed E-state index contributed by atoms with van der Waals surface area (Å²) in [5.41, 5.74) is 0.711. The maximum absolute atomic E-state index is 10.9. The number of hydrogen-bond acceptors (Lipinski definition) is 4. The first-order valence-electron chi connectivity index (χ1n) is 4.87. The Morgan fingerprint density at radius 3 is 2.94 bits per heavy atom. The quantitative estimate of drug-likeness (QED) is 0.793. The molecule has 1 N–H and O–H groups in total. The Kier molecular flexibility index (Phi) is 3.46. The van der Waals surface area contributed by atoms with Gasteiger partial charge in [-0.1, -0.05) is 0 Å². The van der Waals surface area contributed by atoms with E-state index in [1.807, 2.05) is 0 Å². The van der Waals surface area contributed by atoms with Gasteiger partial charge in [-0.3, -0.25) is 9.78 Å². The van der Waals surface area contributed by atoms with Gasteiger partial charge in [-0.15, -0.1) is 11.6 Å². The van der Waals surface area contributed by atoms with Gasteiger partial charge in [-0.05, 0) is 0 Å². The lowest BCUT2D eigenvalue weighted by atomic mass is 10.3. The zero-order valence-electron chi connectivity index (χ0n) is 8.53. The molecular weight excluding hydrogens is 232 g/mol. The van der Waals surface area contributed by atoms with Crippen molar-refractivity contribution < 1.29 is 14.3 Å². The Labute approximate surface area is 97.7 Å². The Hall–Kier alpha value is -1.49. The number of nitrogens with zero attached hydrogens (tertiary/aromatic N) is 1. The fourth-order valence-corrected chi connectivity index (χ4v) is 1.42. The van der Waals surface area contributed by atoms with Crippen molar-refractivity contribution in [2.45, 2.75) is 6.54 Å². The summed E-state index contributed by atoms with van der Waals surface area (Å²) < 4.78 is 10.7. The maximum atomic E-state index is 10.9. The Bertz CT molecular complexity index is 398. The van der Waals surface area contributed by atoms with Crippen LogP contribution in [0.15, 0.2) is 12.3 Å². The van der Waals surface area contributed by atoms with Gasteiger partial charge in [0.1, 0.15) is 19.1 Å². The normalized spacial score (nSPS) is 13.3. The SMILES string of the molecule is O=C(CCl)NCc1cc2c(cn1)OCCO2. The summed E-state index contributed by atoms with van der Waals surface area (Å²) >= 11 is 5.36. The molecular formula is C10H11ClN2O3. The smallest absolute Gasteiger partial charge is 0.235 e. The first-order chi connectivity index (χ1) is 7.79. The molecule has 1 amide bonds. The van der Waals surface area contributed by atoms with Gasteiger partial charge in [0.2, 0.25) is 5.91 Å². The van der Waals surface area contributed by atoms with Crippen LogP contribution in [0.1, 0.15) is 5.69 Å². The summed E-state index contributed by atoms with van der Waals surface area (Å²) in [6, 6.07) is 1.75. The number of amides is 1. The standard InChI is InChI=1S/C10H11ClN2O3/c11-4-10(14)13-5-7-3-8-9(6-12-7)16-2-1-15-8/h3,6H,1-2,4-5H2,(H,13,14). The Morgan fingerprint density at radius 2 is 2.19 bits per heavy atom. The van der Waals surface area contributed by atoms with E-state index in [1.54, 1.807) is 12.3 Å². The molecule has 0 radical (unpaired) electrons. The van der Waals surface area contributed by atoms with E-state index in [2.05, 4.69) is 10.3 Å². The zero-order valence-corrected chi connectivity index (χ0v) is 9.29. The second-order valence-corrected chi connectivity index (χ2v) is 3.50. The molecule has 6 heteroatoms. The molecule has 0 saturated carbocycles. The van der Waals surface area contributed by atoms with Crippen LogP contribution in [0.4, 0.5) is 0 Å². The van der Waals surface area contributed by atoms with Crippen LogP contribution in [0.2, 0.25) is 0 Å². The van der Waals surface area contributed by atoms with Crippen LogP contribution in [0.5, 0.6) is 11.5 Å². The van der Waals surface area contributed by atoms with Crippen LogP contribution < -0.4 is 14.8 Å². The number of aromatic nitrogens is 1. The van der Waals surface area contributed by atoms with Crippen molar-refractivity contribution in [1.82, 2.24) is 10.3 Å². The third-order valence-electron chi connectivity index (χ3n) is 2.07. The maximum Gasteiger partial charge on any atom is 0.235 e. The predicted molar refractivity (Wildman–Crippen MR) is 57.8 cm³/mol. The summed E-state index contributed by atoms with van der Waals surface area (Å²) in [4.78, 5) is 15.1. The van der Waals surface area contributed by atoms with E-state index in [0.717, 1.165) is 0 Å². The van der Waals surface area contributed by atoms with Gasteiger partial charge in [0.25, 0.3) is 0 Å². The molecule has 2 heterocycles. The second kappa shape index (κ2) is 5.03. The van der Waals surface area contributed by atoms with Gasteiger partial charge < -0.3 is 14.8 Å². The predicted octanol–water partition coefficient (Wildman–Crippen LogP) is 0.708. The summed E-state index contributed by atoms with van der Waals surface area (Å²) in [7, 11) is 0. The minimum atomic E-state index is -0.224. The van der Waals surface area contributed by atoms with Gasteiger partial charge in [0, 0.05) is 6.07 Å². The highest BCUT2D eigenvalue weighted by Gasteiger charge is 2.12. The minimum Gasteiger partial charge on any atom is -0.486 e. The van der Waals surface area contributed by atoms with Crippen LogP contribution in [-0.2, 0) is 11.3 Å². The highest BCUT2D eigenvalue weighted by atomic mass is 35.5. The molecule has 2 rings (SSSR count). The number of pyridine rings is 1. The molecule has 86 valence electrons. The van der Waals surface area contributed by atoms with Crippen LogP contribution >= 0.6 is 11.6 Å². The minimum absolute atomic E-state index is 0.0510. The van der Waals surface area contributed by atoms with Gasteiger partial charge in [0.15, 0.2) is 11.5 Å². The Balaban J connectivity index is 2.03. The van der Waals surface area contributed by atoms with Crippen molar-refractivity contribution >= 4 is 17.5 Å². The lowest BCUT2D eigenvalue weighted by Crippen LogP contribution is -2.24. The van der Waals surface area contributed by atoms with E-state index in [-0.39, 0.29) is 11.8 Å². The zero-order chi connectivity index (χ0) is 11.4. The molecule has 1 aliphatic heterocycles. The van der Waals surface area contributed by atoms with E-state index < -0.39 is 0 Å². The van der Waals surface area contributed by atoms with Gasteiger partial charge in [-0.2, -0.15) is 0 Å². The average molecular weight is 243 g/mol. The van der Waals surface area contributed by atoms with Crippen molar-refractivity contribution in [1.29, 1.82) is 0 Å². The first-order valence-corrected chi connectivity index (χ1v) is 5.40. The number of alkyl halides is 1. The third kappa shape index (κ3) is 2.55. The number of carbonyl (C=O) groups is 1. The average Bonchev–Trinajstić information content (AvgIpc) is 2.35. The summed E-state index contributed by atoms with van der Waals surface area (Å²) in [5.74, 6) is 1.03. The van der Waals surface area contributed by atoms with E-state index in [1.165, 1.54) is 0 Å². The fraction of sp³-hybridized carbons (Fsp3) is 0.400. The molecule has 16 heavy (non-hydrogen) atoms. The number of hydrogen-bond donors (Lipinski definition) is 1. The molecule has 0 aliphatic carbocycles. The van der Waals surface area contributed by atoms with Crippen molar-refractivity contribution in [3.8, 4) is 11.5 Å². The molecule has 0 bridgehead atoms. The summed E-state index contributed by atoms with van der Waals surface area (Å²) in [5, 5.41) is 2.63. The van der Waals surface area contributed by atoms with Crippen molar-refractivity contribution in [2.24, 2.45) is 0 Å². The first kappa shape index (κ1) is 11.0. The Morgan fingerprint density at radius 1 is 1.44 bits per heavy atom. The molecule has 5 nitrogen and oxygen atoms in total. The molecule has 0 fully saturated rings. The van der Waals surface area contributed by atoms with Crippen LogP contribution in [-0.4, -0.2) is 30.0 Å². The van der Waals surface area contributed by atoms with E-state index in [0.29, 0.717) is 37.0 Å². The number of halogens is 1. The highest BCUT2D eigenvalue weighted by Crippen LogP contribution is 2.29. The molecule has 0 aromatic carbocycles. The molecule has 0 spiro atoms. The van der Waals surface area contributed by atoms with E-state index >= 15 is 0 Å².